The van der Waals surface area contributed by atoms with Crippen LogP contribution in [0.3, 0.4) is 0 Å². The monoisotopic (exact) mass is 324 g/mol. The lowest BCUT2D eigenvalue weighted by Gasteiger charge is -2.15. The standard InChI is InChI=1S/C16H20O7/c1-10-4-3-5-13(16(10)20-2)22-23-15(19)7-12-9-21-8-11(12)6-14(17)18/h3-5,11-12H,6-9H2,1-2H3,(H,17,18). The quantitative estimate of drug-likeness (QED) is 0.605. The molecule has 1 aliphatic rings. The van der Waals surface area contributed by atoms with Crippen molar-refractivity contribution in [2.24, 2.45) is 11.8 Å². The highest BCUT2D eigenvalue weighted by Gasteiger charge is 2.32. The number of aliphatic carboxylic acids is 1. The molecule has 23 heavy (non-hydrogen) atoms. The van der Waals surface area contributed by atoms with E-state index in [9.17, 15) is 9.59 Å². The maximum Gasteiger partial charge on any atom is 0.355 e. The number of benzene rings is 1. The highest BCUT2D eigenvalue weighted by atomic mass is 17.2. The van der Waals surface area contributed by atoms with Crippen LogP contribution in [0.4, 0.5) is 0 Å². The van der Waals surface area contributed by atoms with Gasteiger partial charge in [0.05, 0.1) is 33.2 Å². The van der Waals surface area contributed by atoms with Crippen molar-refractivity contribution in [3.8, 4) is 11.5 Å². The summed E-state index contributed by atoms with van der Waals surface area (Å²) in [6, 6.07) is 5.24. The van der Waals surface area contributed by atoms with Crippen molar-refractivity contribution in [2.75, 3.05) is 20.3 Å². The van der Waals surface area contributed by atoms with Crippen LogP contribution in [0.1, 0.15) is 18.4 Å². The zero-order valence-electron chi connectivity index (χ0n) is 13.1. The first-order valence-electron chi connectivity index (χ1n) is 7.31. The van der Waals surface area contributed by atoms with E-state index in [2.05, 4.69) is 0 Å². The molecule has 1 fully saturated rings. The third-order valence-electron chi connectivity index (χ3n) is 3.80. The number of carbonyl (C=O) groups is 2. The Morgan fingerprint density at radius 1 is 1.26 bits per heavy atom. The predicted octanol–water partition coefficient (Wildman–Crippen LogP) is 1.97. The molecule has 0 spiro atoms. The van der Waals surface area contributed by atoms with Gasteiger partial charge in [0.1, 0.15) is 0 Å². The van der Waals surface area contributed by atoms with Crippen LogP contribution in [-0.4, -0.2) is 37.4 Å². The normalized spacial score (nSPS) is 20.1. The van der Waals surface area contributed by atoms with Crippen molar-refractivity contribution in [1.29, 1.82) is 0 Å². The number of carbonyl (C=O) groups excluding carboxylic acids is 1. The van der Waals surface area contributed by atoms with Crippen LogP contribution in [0.15, 0.2) is 18.2 Å². The Hall–Kier alpha value is -2.28. The molecule has 1 saturated heterocycles. The number of aryl methyl sites for hydroxylation is 1. The Balaban J connectivity index is 1.88. The summed E-state index contributed by atoms with van der Waals surface area (Å²) in [6.07, 6.45) is 0.0244. The summed E-state index contributed by atoms with van der Waals surface area (Å²) in [5.74, 6) is -1.03. The van der Waals surface area contributed by atoms with Gasteiger partial charge in [-0.15, -0.1) is 0 Å². The van der Waals surface area contributed by atoms with Crippen molar-refractivity contribution in [2.45, 2.75) is 19.8 Å². The van der Waals surface area contributed by atoms with Gasteiger partial charge in [-0.25, -0.2) is 4.79 Å². The van der Waals surface area contributed by atoms with Gasteiger partial charge in [0.25, 0.3) is 0 Å². The molecule has 2 unspecified atom stereocenters. The number of carboxylic acid groups (broad SMARTS) is 1. The summed E-state index contributed by atoms with van der Waals surface area (Å²) >= 11 is 0. The molecule has 1 aromatic carbocycles. The number of carboxylic acids is 1. The van der Waals surface area contributed by atoms with E-state index in [1.165, 1.54) is 7.11 Å². The van der Waals surface area contributed by atoms with E-state index in [1.807, 2.05) is 13.0 Å². The maximum absolute atomic E-state index is 11.9. The van der Waals surface area contributed by atoms with E-state index in [4.69, 9.17) is 24.4 Å². The number of hydrogen-bond donors (Lipinski definition) is 1. The number of hydrogen-bond acceptors (Lipinski definition) is 6. The summed E-state index contributed by atoms with van der Waals surface area (Å²) in [5, 5.41) is 8.85. The molecule has 0 amide bonds. The van der Waals surface area contributed by atoms with Crippen molar-refractivity contribution in [1.82, 2.24) is 0 Å². The Labute approximate surface area is 134 Å². The Morgan fingerprint density at radius 3 is 2.61 bits per heavy atom. The Bertz CT molecular complexity index is 570. The molecule has 0 aromatic heterocycles. The van der Waals surface area contributed by atoms with E-state index in [0.29, 0.717) is 24.7 Å². The van der Waals surface area contributed by atoms with Crippen molar-refractivity contribution in [3.05, 3.63) is 23.8 Å². The highest BCUT2D eigenvalue weighted by molar-refractivity contribution is 5.70. The molecule has 7 heteroatoms. The first-order chi connectivity index (χ1) is 11.0. The molecule has 2 rings (SSSR count). The Kier molecular flexibility index (Phi) is 5.81. The molecule has 0 aliphatic carbocycles. The second-order valence-electron chi connectivity index (χ2n) is 5.50. The SMILES string of the molecule is COc1c(C)cccc1OOC(=O)CC1COCC1CC(=O)O. The van der Waals surface area contributed by atoms with E-state index >= 15 is 0 Å². The molecule has 2 atom stereocenters. The van der Waals surface area contributed by atoms with Gasteiger partial charge in [-0.3, -0.25) is 14.6 Å². The molecular weight excluding hydrogens is 304 g/mol. The molecule has 0 radical (unpaired) electrons. The van der Waals surface area contributed by atoms with Gasteiger partial charge >= 0.3 is 11.9 Å². The lowest BCUT2D eigenvalue weighted by molar-refractivity contribution is -0.215. The number of rotatable bonds is 7. The summed E-state index contributed by atoms with van der Waals surface area (Å²) in [5.41, 5.74) is 0.853. The lowest BCUT2D eigenvalue weighted by atomic mass is 9.90. The minimum Gasteiger partial charge on any atom is -0.492 e. The molecule has 126 valence electrons. The van der Waals surface area contributed by atoms with Crippen LogP contribution < -0.4 is 9.62 Å². The second-order valence-corrected chi connectivity index (χ2v) is 5.50. The molecule has 1 aliphatic heterocycles. The minimum absolute atomic E-state index is 0.0233. The smallest absolute Gasteiger partial charge is 0.355 e. The number of para-hydroxylation sites is 1. The van der Waals surface area contributed by atoms with Crippen LogP contribution in [0.5, 0.6) is 11.5 Å². The van der Waals surface area contributed by atoms with Gasteiger partial charge < -0.3 is 14.6 Å². The fourth-order valence-corrected chi connectivity index (χ4v) is 2.61. The van der Waals surface area contributed by atoms with Crippen LogP contribution in [-0.2, 0) is 19.2 Å². The molecule has 1 N–H and O–H groups in total. The number of ether oxygens (including phenoxy) is 2. The van der Waals surface area contributed by atoms with Gasteiger partial charge in [-0.2, -0.15) is 0 Å². The van der Waals surface area contributed by atoms with Gasteiger partial charge in [0.15, 0.2) is 5.75 Å². The van der Waals surface area contributed by atoms with E-state index < -0.39 is 11.9 Å². The van der Waals surface area contributed by atoms with E-state index in [0.717, 1.165) is 5.56 Å². The molecular formula is C16H20O7. The first kappa shape index (κ1) is 17.1. The molecule has 0 saturated carbocycles. The fourth-order valence-electron chi connectivity index (χ4n) is 2.61. The third kappa shape index (κ3) is 4.59. The average Bonchev–Trinajstić information content (AvgIpc) is 2.91. The van der Waals surface area contributed by atoms with E-state index in [1.54, 1.807) is 12.1 Å². The van der Waals surface area contributed by atoms with Crippen LogP contribution in [0, 0.1) is 18.8 Å². The van der Waals surface area contributed by atoms with Gasteiger partial charge in [-0.1, -0.05) is 12.1 Å². The maximum atomic E-state index is 11.9. The largest absolute Gasteiger partial charge is 0.492 e. The van der Waals surface area contributed by atoms with Crippen molar-refractivity contribution >= 4 is 11.9 Å². The topological polar surface area (TPSA) is 91.3 Å². The summed E-state index contributed by atoms with van der Waals surface area (Å²) < 4.78 is 10.5. The summed E-state index contributed by atoms with van der Waals surface area (Å²) in [6.45, 7) is 2.54. The van der Waals surface area contributed by atoms with Gasteiger partial charge in [0.2, 0.25) is 5.75 Å². The average molecular weight is 324 g/mol. The van der Waals surface area contributed by atoms with Crippen LogP contribution in [0.2, 0.25) is 0 Å². The zero-order valence-corrected chi connectivity index (χ0v) is 13.1. The summed E-state index contributed by atoms with van der Waals surface area (Å²) in [7, 11) is 1.50. The molecule has 0 bridgehead atoms. The number of methoxy groups -OCH3 is 1. The zero-order chi connectivity index (χ0) is 16.8. The minimum atomic E-state index is -0.903. The van der Waals surface area contributed by atoms with Crippen LogP contribution >= 0.6 is 0 Å². The van der Waals surface area contributed by atoms with Gasteiger partial charge in [-0.05, 0) is 30.4 Å². The lowest BCUT2D eigenvalue weighted by Crippen LogP contribution is -2.21. The molecule has 1 heterocycles. The molecule has 1 aromatic rings. The van der Waals surface area contributed by atoms with Crippen molar-refractivity contribution in [3.63, 3.8) is 0 Å². The third-order valence-corrected chi connectivity index (χ3v) is 3.80. The second kappa shape index (κ2) is 7.82. The summed E-state index contributed by atoms with van der Waals surface area (Å²) in [4.78, 5) is 32.6. The van der Waals surface area contributed by atoms with Crippen LogP contribution in [0.25, 0.3) is 0 Å². The fraction of sp³-hybridized carbons (Fsp3) is 0.500. The molecule has 7 nitrogen and oxygen atoms in total. The van der Waals surface area contributed by atoms with E-state index in [-0.39, 0.29) is 24.7 Å². The highest BCUT2D eigenvalue weighted by Crippen LogP contribution is 2.31. The van der Waals surface area contributed by atoms with Gasteiger partial charge in [0, 0.05) is 0 Å². The predicted molar refractivity (Wildman–Crippen MR) is 79.1 cm³/mol. The van der Waals surface area contributed by atoms with Crippen molar-refractivity contribution < 1.29 is 33.9 Å². The first-order valence-corrected chi connectivity index (χ1v) is 7.31. The Morgan fingerprint density at radius 2 is 1.96 bits per heavy atom.